The van der Waals surface area contributed by atoms with Crippen molar-refractivity contribution < 1.29 is 5.11 Å². The maximum absolute atomic E-state index is 9.72. The summed E-state index contributed by atoms with van der Waals surface area (Å²) in [5.41, 5.74) is 2.67. The summed E-state index contributed by atoms with van der Waals surface area (Å²) in [6, 6.07) is 7.76. The average molecular weight is 257 g/mol. The minimum atomic E-state index is 0.375. The number of phenolic OH excluding ortho intramolecular Hbond substituents is 1. The fourth-order valence-electron chi connectivity index (χ4n) is 3.84. The van der Waals surface area contributed by atoms with Gasteiger partial charge >= 0.3 is 0 Å². The number of nitrogens with zero attached hydrogens (tertiary/aromatic N) is 1. The van der Waals surface area contributed by atoms with Crippen LogP contribution in [0.2, 0.25) is 0 Å². The lowest BCUT2D eigenvalue weighted by molar-refractivity contribution is 0.289. The van der Waals surface area contributed by atoms with Crippen molar-refractivity contribution in [3.05, 3.63) is 35.9 Å². The van der Waals surface area contributed by atoms with Gasteiger partial charge in [0.2, 0.25) is 0 Å². The second kappa shape index (κ2) is 5.01. The van der Waals surface area contributed by atoms with Crippen LogP contribution >= 0.6 is 0 Å². The van der Waals surface area contributed by atoms with Gasteiger partial charge in [-0.25, -0.2) is 0 Å². The van der Waals surface area contributed by atoms with E-state index in [-0.39, 0.29) is 0 Å². The van der Waals surface area contributed by atoms with Crippen LogP contribution in [0.25, 0.3) is 5.57 Å². The highest BCUT2D eigenvalue weighted by atomic mass is 16.3. The minimum Gasteiger partial charge on any atom is -0.508 e. The van der Waals surface area contributed by atoms with Gasteiger partial charge in [0.1, 0.15) is 5.75 Å². The fraction of sp³-hybridized carbons (Fsp3) is 0.529. The summed E-state index contributed by atoms with van der Waals surface area (Å²) >= 11 is 0. The molecule has 0 aromatic heterocycles. The van der Waals surface area contributed by atoms with E-state index < -0.39 is 0 Å². The van der Waals surface area contributed by atoms with Crippen LogP contribution in [0.3, 0.4) is 0 Å². The zero-order valence-electron chi connectivity index (χ0n) is 11.8. The van der Waals surface area contributed by atoms with E-state index in [1.165, 1.54) is 30.4 Å². The first-order valence-electron chi connectivity index (χ1n) is 7.29. The molecule has 102 valence electrons. The Hall–Kier alpha value is -1.28. The predicted octanol–water partition coefficient (Wildman–Crippen LogP) is 3.38. The van der Waals surface area contributed by atoms with Crippen LogP contribution in [0, 0.1) is 17.8 Å². The lowest BCUT2D eigenvalue weighted by atomic mass is 9.76. The normalized spacial score (nSPS) is 29.6. The van der Waals surface area contributed by atoms with Gasteiger partial charge in [-0.1, -0.05) is 18.2 Å². The Bertz CT molecular complexity index is 492. The van der Waals surface area contributed by atoms with E-state index in [1.807, 2.05) is 12.1 Å². The van der Waals surface area contributed by atoms with Crippen LogP contribution in [0.15, 0.2) is 30.3 Å². The van der Waals surface area contributed by atoms with E-state index in [0.717, 1.165) is 18.4 Å². The monoisotopic (exact) mass is 257 g/mol. The molecular formula is C17H23NO. The predicted molar refractivity (Wildman–Crippen MR) is 79.0 cm³/mol. The van der Waals surface area contributed by atoms with Crippen LogP contribution < -0.4 is 0 Å². The van der Waals surface area contributed by atoms with Crippen LogP contribution in [-0.4, -0.2) is 30.6 Å². The van der Waals surface area contributed by atoms with Gasteiger partial charge in [-0.05, 0) is 74.4 Å². The van der Waals surface area contributed by atoms with Gasteiger partial charge in [0.15, 0.2) is 0 Å². The highest BCUT2D eigenvalue weighted by Gasteiger charge is 2.37. The van der Waals surface area contributed by atoms with Gasteiger partial charge in [0.25, 0.3) is 0 Å². The van der Waals surface area contributed by atoms with E-state index in [1.54, 1.807) is 6.07 Å². The van der Waals surface area contributed by atoms with Gasteiger partial charge < -0.3 is 10.0 Å². The molecule has 1 N–H and O–H groups in total. The van der Waals surface area contributed by atoms with Gasteiger partial charge in [0, 0.05) is 6.54 Å². The first-order chi connectivity index (χ1) is 9.13. The second-order valence-electron chi connectivity index (χ2n) is 6.37. The lowest BCUT2D eigenvalue weighted by Crippen LogP contribution is -2.29. The molecule has 2 nitrogen and oxygen atoms in total. The molecule has 3 rings (SSSR count). The lowest BCUT2D eigenvalue weighted by Gasteiger charge is -2.32. The van der Waals surface area contributed by atoms with Crippen molar-refractivity contribution in [3.8, 4) is 5.75 Å². The second-order valence-corrected chi connectivity index (χ2v) is 6.37. The Balaban J connectivity index is 1.96. The summed E-state index contributed by atoms with van der Waals surface area (Å²) in [5.74, 6) is 2.59. The number of benzene rings is 1. The number of fused-ring (bicyclic) bond motifs is 2. The standard InChI is InChI=1S/C17H23NO/c1-18(2)11-17-14-7-6-12(8-14)9-16(17)13-4-3-5-15(19)10-13/h3-5,9-10,12,14,17,19H,6-8,11H2,1-2H3/t12-,14+,17+/m1/s1. The van der Waals surface area contributed by atoms with Gasteiger partial charge in [-0.3, -0.25) is 0 Å². The molecule has 3 atom stereocenters. The number of hydrogen-bond donors (Lipinski definition) is 1. The summed E-state index contributed by atoms with van der Waals surface area (Å²) in [4.78, 5) is 2.29. The molecule has 0 amide bonds. The molecule has 1 saturated carbocycles. The minimum absolute atomic E-state index is 0.375. The molecule has 2 aliphatic carbocycles. The van der Waals surface area contributed by atoms with E-state index in [0.29, 0.717) is 11.7 Å². The molecule has 19 heavy (non-hydrogen) atoms. The molecule has 1 aromatic carbocycles. The van der Waals surface area contributed by atoms with E-state index >= 15 is 0 Å². The van der Waals surface area contributed by atoms with Crippen LogP contribution in [0.4, 0.5) is 0 Å². The van der Waals surface area contributed by atoms with Crippen molar-refractivity contribution in [3.63, 3.8) is 0 Å². The maximum atomic E-state index is 9.72. The highest BCUT2D eigenvalue weighted by Crippen LogP contribution is 2.48. The molecule has 0 heterocycles. The first-order valence-corrected chi connectivity index (χ1v) is 7.29. The molecule has 2 aliphatic rings. The molecule has 2 bridgehead atoms. The molecule has 0 unspecified atom stereocenters. The third-order valence-electron chi connectivity index (χ3n) is 4.64. The quantitative estimate of drug-likeness (QED) is 0.897. The van der Waals surface area contributed by atoms with Gasteiger partial charge in [-0.2, -0.15) is 0 Å². The third-order valence-corrected chi connectivity index (χ3v) is 4.64. The average Bonchev–Trinajstić information content (AvgIpc) is 2.75. The van der Waals surface area contributed by atoms with Crippen molar-refractivity contribution in [2.75, 3.05) is 20.6 Å². The smallest absolute Gasteiger partial charge is 0.116 e. The Morgan fingerprint density at radius 1 is 1.26 bits per heavy atom. The van der Waals surface area contributed by atoms with E-state index in [2.05, 4.69) is 31.1 Å². The number of allylic oxidation sites excluding steroid dienone is 1. The van der Waals surface area contributed by atoms with Crippen molar-refractivity contribution >= 4 is 5.57 Å². The van der Waals surface area contributed by atoms with Crippen molar-refractivity contribution in [2.45, 2.75) is 19.3 Å². The molecule has 1 fully saturated rings. The molecule has 0 aliphatic heterocycles. The Kier molecular flexibility index (Phi) is 3.36. The summed E-state index contributed by atoms with van der Waals surface area (Å²) in [7, 11) is 4.31. The van der Waals surface area contributed by atoms with Crippen LogP contribution in [0.1, 0.15) is 24.8 Å². The topological polar surface area (TPSA) is 23.5 Å². The molecule has 1 aromatic rings. The summed E-state index contributed by atoms with van der Waals surface area (Å²) < 4.78 is 0. The number of rotatable bonds is 3. The fourth-order valence-corrected chi connectivity index (χ4v) is 3.84. The maximum Gasteiger partial charge on any atom is 0.116 e. The highest BCUT2D eigenvalue weighted by molar-refractivity contribution is 5.70. The first kappa shape index (κ1) is 12.7. The van der Waals surface area contributed by atoms with Crippen molar-refractivity contribution in [2.24, 2.45) is 17.8 Å². The third kappa shape index (κ3) is 2.55. The van der Waals surface area contributed by atoms with Crippen LogP contribution in [0.5, 0.6) is 5.75 Å². The number of hydrogen-bond acceptors (Lipinski definition) is 2. The Morgan fingerprint density at radius 3 is 2.84 bits per heavy atom. The van der Waals surface area contributed by atoms with E-state index in [9.17, 15) is 5.11 Å². The van der Waals surface area contributed by atoms with Gasteiger partial charge in [0.05, 0.1) is 0 Å². The zero-order chi connectivity index (χ0) is 13.4. The van der Waals surface area contributed by atoms with Crippen molar-refractivity contribution in [1.29, 1.82) is 0 Å². The van der Waals surface area contributed by atoms with Crippen LogP contribution in [-0.2, 0) is 0 Å². The van der Waals surface area contributed by atoms with E-state index in [4.69, 9.17) is 0 Å². The number of aromatic hydroxyl groups is 1. The molecule has 2 heteroatoms. The Labute approximate surface area is 115 Å². The van der Waals surface area contributed by atoms with Crippen molar-refractivity contribution in [1.82, 2.24) is 4.90 Å². The summed E-state index contributed by atoms with van der Waals surface area (Å²) in [6.07, 6.45) is 6.55. The summed E-state index contributed by atoms with van der Waals surface area (Å²) in [6.45, 7) is 1.11. The molecule has 0 saturated heterocycles. The molecule has 0 spiro atoms. The molecule has 0 radical (unpaired) electrons. The van der Waals surface area contributed by atoms with Gasteiger partial charge in [-0.15, -0.1) is 0 Å². The molecular weight excluding hydrogens is 234 g/mol. The Morgan fingerprint density at radius 2 is 2.11 bits per heavy atom. The SMILES string of the molecule is CN(C)C[C@@H]1C(c2cccc(O)c2)=C[C@@H]2CC[C@H]1C2. The zero-order valence-corrected chi connectivity index (χ0v) is 11.8. The summed E-state index contributed by atoms with van der Waals surface area (Å²) in [5, 5.41) is 9.72. The largest absolute Gasteiger partial charge is 0.508 e. The number of phenols is 1.